The Balaban J connectivity index is 1.86. The van der Waals surface area contributed by atoms with Crippen LogP contribution >= 0.6 is 0 Å². The summed E-state index contributed by atoms with van der Waals surface area (Å²) in [5.41, 5.74) is 0.631. The second-order valence-electron chi connectivity index (χ2n) is 7.93. The number of hydrogen-bond donors (Lipinski definition) is 3. The van der Waals surface area contributed by atoms with Gasteiger partial charge in [0.25, 0.3) is 0 Å². The van der Waals surface area contributed by atoms with Crippen molar-refractivity contribution in [3.63, 3.8) is 0 Å². The number of unbranched alkanes of at least 4 members (excludes halogenated alkanes) is 1. The highest BCUT2D eigenvalue weighted by atomic mass is 19.4. The Morgan fingerprint density at radius 2 is 1.97 bits per heavy atom. The van der Waals surface area contributed by atoms with Gasteiger partial charge in [-0.1, -0.05) is 0 Å². The first-order valence-electron chi connectivity index (χ1n) is 10.1. The molecule has 1 fully saturated rings. The third-order valence-corrected chi connectivity index (χ3v) is 4.94. The lowest BCUT2D eigenvalue weighted by atomic mass is 9.84. The van der Waals surface area contributed by atoms with E-state index in [9.17, 15) is 22.4 Å². The number of urea groups is 1. The van der Waals surface area contributed by atoms with Crippen molar-refractivity contribution in [1.29, 1.82) is 0 Å². The summed E-state index contributed by atoms with van der Waals surface area (Å²) in [5, 5.41) is 8.11. The maximum Gasteiger partial charge on any atom is 0.394 e. The molecule has 1 aliphatic rings. The third-order valence-electron chi connectivity index (χ3n) is 4.94. The molecule has 2 rings (SSSR count). The molecule has 3 N–H and O–H groups in total. The summed E-state index contributed by atoms with van der Waals surface area (Å²) in [4.78, 5) is 22.7. The van der Waals surface area contributed by atoms with Crippen LogP contribution in [0.25, 0.3) is 0 Å². The molecule has 30 heavy (non-hydrogen) atoms. The molecule has 0 bridgehead atoms. The molecule has 0 saturated heterocycles. The average molecular weight is 434 g/mol. The van der Waals surface area contributed by atoms with Gasteiger partial charge in [-0.05, 0) is 59.7 Å². The number of rotatable bonds is 8. The van der Waals surface area contributed by atoms with Gasteiger partial charge in [0.05, 0.1) is 5.92 Å². The molecular weight excluding hydrogens is 404 g/mol. The van der Waals surface area contributed by atoms with Gasteiger partial charge in [-0.2, -0.15) is 18.2 Å². The zero-order valence-corrected chi connectivity index (χ0v) is 17.5. The standard InChI is InChI=1S/C19H30F4N6O/c1-12-10-16(24-8-4-5-9-29(2)3)27-17(25-12)28-18(30)26-13-6-7-15(20)14(11-13)19(21,22)23/h10,13-15H,4-9,11H2,1-3H3,(H3,24,25,26,27,28,30). The number of amides is 2. The van der Waals surface area contributed by atoms with Crippen LogP contribution in [0, 0.1) is 12.8 Å². The Morgan fingerprint density at radius 3 is 2.63 bits per heavy atom. The van der Waals surface area contributed by atoms with E-state index in [0.29, 0.717) is 18.1 Å². The van der Waals surface area contributed by atoms with E-state index < -0.39 is 36.8 Å². The zero-order valence-electron chi connectivity index (χ0n) is 17.5. The average Bonchev–Trinajstić information content (AvgIpc) is 2.61. The van der Waals surface area contributed by atoms with Gasteiger partial charge in [0, 0.05) is 24.3 Å². The number of alkyl halides is 4. The number of hydrogen-bond acceptors (Lipinski definition) is 5. The van der Waals surface area contributed by atoms with Crippen LogP contribution in [0.4, 0.5) is 34.1 Å². The number of nitrogens with zero attached hydrogens (tertiary/aromatic N) is 3. The molecule has 0 aromatic carbocycles. The van der Waals surface area contributed by atoms with Crippen LogP contribution in [-0.2, 0) is 0 Å². The lowest BCUT2D eigenvalue weighted by molar-refractivity contribution is -0.199. The highest BCUT2D eigenvalue weighted by Gasteiger charge is 2.48. The van der Waals surface area contributed by atoms with E-state index in [1.54, 1.807) is 13.0 Å². The molecule has 1 heterocycles. The van der Waals surface area contributed by atoms with E-state index in [1.807, 2.05) is 14.1 Å². The fraction of sp³-hybridized carbons (Fsp3) is 0.737. The first-order chi connectivity index (χ1) is 14.0. The van der Waals surface area contributed by atoms with Gasteiger partial charge in [0.15, 0.2) is 0 Å². The summed E-state index contributed by atoms with van der Waals surface area (Å²) in [5.74, 6) is -1.46. The third kappa shape index (κ3) is 7.92. The first kappa shape index (κ1) is 24.1. The van der Waals surface area contributed by atoms with Crippen LogP contribution in [0.15, 0.2) is 6.07 Å². The molecule has 7 nitrogen and oxygen atoms in total. The quantitative estimate of drug-likeness (QED) is 0.429. The molecule has 3 unspecified atom stereocenters. The number of carbonyl (C=O) groups excluding carboxylic acids is 1. The predicted octanol–water partition coefficient (Wildman–Crippen LogP) is 3.73. The Kier molecular flexibility index (Phi) is 8.63. The van der Waals surface area contributed by atoms with Crippen LogP contribution in [0.3, 0.4) is 0 Å². The molecule has 0 aliphatic heterocycles. The normalized spacial score (nSPS) is 22.1. The van der Waals surface area contributed by atoms with Crippen LogP contribution in [0.1, 0.15) is 37.8 Å². The lowest BCUT2D eigenvalue weighted by Gasteiger charge is -2.33. The molecule has 0 radical (unpaired) electrons. The van der Waals surface area contributed by atoms with Crippen molar-refractivity contribution in [2.45, 2.75) is 57.4 Å². The molecule has 11 heteroatoms. The maximum absolute atomic E-state index is 13.6. The zero-order chi connectivity index (χ0) is 22.3. The van der Waals surface area contributed by atoms with E-state index in [-0.39, 0.29) is 18.8 Å². The van der Waals surface area contributed by atoms with Crippen LogP contribution < -0.4 is 16.0 Å². The van der Waals surface area contributed by atoms with E-state index in [2.05, 4.69) is 30.8 Å². The summed E-state index contributed by atoms with van der Waals surface area (Å²) in [6, 6.07) is 0.273. The Hall–Kier alpha value is -2.17. The summed E-state index contributed by atoms with van der Waals surface area (Å²) in [7, 11) is 4.02. The van der Waals surface area contributed by atoms with Crippen molar-refractivity contribution in [3.05, 3.63) is 11.8 Å². The molecule has 1 saturated carbocycles. The van der Waals surface area contributed by atoms with Crippen molar-refractivity contribution in [1.82, 2.24) is 20.2 Å². The van der Waals surface area contributed by atoms with Gasteiger partial charge in [0.1, 0.15) is 12.0 Å². The van der Waals surface area contributed by atoms with E-state index in [0.717, 1.165) is 19.4 Å². The number of halogens is 4. The Labute approximate surface area is 174 Å². The van der Waals surface area contributed by atoms with E-state index in [1.165, 1.54) is 0 Å². The minimum atomic E-state index is -4.62. The smallest absolute Gasteiger partial charge is 0.370 e. The largest absolute Gasteiger partial charge is 0.394 e. The molecule has 2 amide bonds. The van der Waals surface area contributed by atoms with Crippen molar-refractivity contribution in [2.24, 2.45) is 5.92 Å². The minimum Gasteiger partial charge on any atom is -0.370 e. The summed E-state index contributed by atoms with van der Waals surface area (Å²) < 4.78 is 52.4. The highest BCUT2D eigenvalue weighted by molar-refractivity contribution is 5.87. The summed E-state index contributed by atoms with van der Waals surface area (Å²) >= 11 is 0. The predicted molar refractivity (Wildman–Crippen MR) is 107 cm³/mol. The van der Waals surface area contributed by atoms with Crippen LogP contribution in [0.2, 0.25) is 0 Å². The van der Waals surface area contributed by atoms with Crippen molar-refractivity contribution in [2.75, 3.05) is 37.8 Å². The molecular formula is C19H30F4N6O. The number of anilines is 2. The number of aromatic nitrogens is 2. The number of nitrogens with one attached hydrogen (secondary N) is 3. The second-order valence-corrected chi connectivity index (χ2v) is 7.93. The van der Waals surface area contributed by atoms with Gasteiger partial charge in [-0.3, -0.25) is 5.32 Å². The van der Waals surface area contributed by atoms with E-state index >= 15 is 0 Å². The van der Waals surface area contributed by atoms with Crippen molar-refractivity contribution in [3.8, 4) is 0 Å². The Morgan fingerprint density at radius 1 is 1.23 bits per heavy atom. The fourth-order valence-electron chi connectivity index (χ4n) is 3.41. The van der Waals surface area contributed by atoms with Gasteiger partial charge < -0.3 is 15.5 Å². The van der Waals surface area contributed by atoms with Gasteiger partial charge >= 0.3 is 12.2 Å². The molecule has 1 aromatic rings. The molecule has 3 atom stereocenters. The molecule has 0 spiro atoms. The molecule has 1 aliphatic carbocycles. The second kappa shape index (κ2) is 10.7. The minimum absolute atomic E-state index is 0.0508. The SMILES string of the molecule is Cc1cc(NCCCCN(C)C)nc(NC(=O)NC2CCC(F)C(C(F)(F)F)C2)n1. The monoisotopic (exact) mass is 434 g/mol. The van der Waals surface area contributed by atoms with Gasteiger partial charge in [-0.15, -0.1) is 0 Å². The van der Waals surface area contributed by atoms with Crippen LogP contribution in [0.5, 0.6) is 0 Å². The molecule has 170 valence electrons. The number of aryl methyl sites for hydroxylation is 1. The van der Waals surface area contributed by atoms with Gasteiger partial charge in [0.2, 0.25) is 5.95 Å². The molecule has 1 aromatic heterocycles. The number of carbonyl (C=O) groups is 1. The summed E-state index contributed by atoms with van der Waals surface area (Å²) in [6.45, 7) is 3.44. The fourth-order valence-corrected chi connectivity index (χ4v) is 3.41. The highest BCUT2D eigenvalue weighted by Crippen LogP contribution is 2.39. The Bertz CT molecular complexity index is 700. The van der Waals surface area contributed by atoms with Crippen molar-refractivity contribution < 1.29 is 22.4 Å². The van der Waals surface area contributed by atoms with Gasteiger partial charge in [-0.25, -0.2) is 14.2 Å². The first-order valence-corrected chi connectivity index (χ1v) is 10.1. The van der Waals surface area contributed by atoms with Crippen molar-refractivity contribution >= 4 is 17.8 Å². The van der Waals surface area contributed by atoms with Crippen LogP contribution in [-0.4, -0.2) is 66.5 Å². The lowest BCUT2D eigenvalue weighted by Crippen LogP contribution is -2.47. The maximum atomic E-state index is 13.6. The topological polar surface area (TPSA) is 82.2 Å². The van der Waals surface area contributed by atoms with E-state index in [4.69, 9.17) is 0 Å². The summed E-state index contributed by atoms with van der Waals surface area (Å²) in [6.07, 6.45) is -5.15.